The van der Waals surface area contributed by atoms with E-state index in [2.05, 4.69) is 0 Å². The molecule has 104 valence electrons. The van der Waals surface area contributed by atoms with Gasteiger partial charge in [0.1, 0.15) is 5.75 Å². The summed E-state index contributed by atoms with van der Waals surface area (Å²) < 4.78 is 12.0. The fraction of sp³-hybridized carbons (Fsp3) is 0.375. The molecule has 0 bridgehead atoms. The van der Waals surface area contributed by atoms with Crippen LogP contribution in [-0.4, -0.2) is 23.4 Å². The van der Waals surface area contributed by atoms with Gasteiger partial charge >= 0.3 is 7.12 Å². The van der Waals surface area contributed by atoms with Crippen LogP contribution in [0, 0.1) is 0 Å². The minimum absolute atomic E-state index is 0.210. The maximum atomic E-state index is 10.2. The van der Waals surface area contributed by atoms with Gasteiger partial charge in [-0.2, -0.15) is 0 Å². The molecule has 1 saturated heterocycles. The van der Waals surface area contributed by atoms with Crippen molar-refractivity contribution in [1.82, 2.24) is 0 Å². The highest BCUT2D eigenvalue weighted by Crippen LogP contribution is 2.37. The summed E-state index contributed by atoms with van der Waals surface area (Å²) in [7, 11) is -0.537. The lowest BCUT2D eigenvalue weighted by molar-refractivity contribution is 0.00578. The minimum Gasteiger partial charge on any atom is -0.508 e. The van der Waals surface area contributed by atoms with Crippen LogP contribution in [0.4, 0.5) is 0 Å². The van der Waals surface area contributed by atoms with Gasteiger partial charge in [0.2, 0.25) is 0 Å². The molecule has 3 rings (SSSR count). The molecule has 20 heavy (non-hydrogen) atoms. The number of hydrogen-bond acceptors (Lipinski definition) is 3. The summed E-state index contributed by atoms with van der Waals surface area (Å²) in [5.41, 5.74) is -0.131. The third-order valence-electron chi connectivity index (χ3n) is 4.40. The summed E-state index contributed by atoms with van der Waals surface area (Å²) >= 11 is 0. The van der Waals surface area contributed by atoms with Crippen molar-refractivity contribution < 1.29 is 14.4 Å². The summed E-state index contributed by atoms with van der Waals surface area (Å²) in [6, 6.07) is 11.6. The van der Waals surface area contributed by atoms with Gasteiger partial charge in [0.25, 0.3) is 0 Å². The predicted molar refractivity (Wildman–Crippen MR) is 81.3 cm³/mol. The molecule has 1 aliphatic heterocycles. The second-order valence-corrected chi connectivity index (χ2v) is 6.35. The van der Waals surface area contributed by atoms with Crippen molar-refractivity contribution in [2.24, 2.45) is 0 Å². The van der Waals surface area contributed by atoms with Crippen molar-refractivity contribution >= 4 is 23.4 Å². The van der Waals surface area contributed by atoms with E-state index in [-0.39, 0.29) is 5.75 Å². The molecular weight excluding hydrogens is 251 g/mol. The van der Waals surface area contributed by atoms with Gasteiger partial charge in [-0.25, -0.2) is 0 Å². The summed E-state index contributed by atoms with van der Waals surface area (Å²) in [5.74, 6) is 0.210. The first-order valence-electron chi connectivity index (χ1n) is 6.87. The predicted octanol–water partition coefficient (Wildman–Crippen LogP) is 2.84. The van der Waals surface area contributed by atoms with Crippen molar-refractivity contribution in [3.63, 3.8) is 0 Å². The fourth-order valence-electron chi connectivity index (χ4n) is 2.40. The maximum Gasteiger partial charge on any atom is 0.498 e. The number of hydrogen-bond donors (Lipinski definition) is 1. The molecule has 3 nitrogen and oxygen atoms in total. The maximum absolute atomic E-state index is 10.2. The van der Waals surface area contributed by atoms with E-state index >= 15 is 0 Å². The lowest BCUT2D eigenvalue weighted by Crippen LogP contribution is -2.41. The molecule has 0 amide bonds. The van der Waals surface area contributed by atoms with Crippen LogP contribution in [0.3, 0.4) is 0 Å². The largest absolute Gasteiger partial charge is 0.508 e. The van der Waals surface area contributed by atoms with Gasteiger partial charge < -0.3 is 14.4 Å². The van der Waals surface area contributed by atoms with Crippen LogP contribution in [0.5, 0.6) is 5.75 Å². The molecule has 2 aromatic carbocycles. The first kappa shape index (κ1) is 13.5. The Morgan fingerprint density at radius 2 is 1.40 bits per heavy atom. The van der Waals surface area contributed by atoms with Crippen molar-refractivity contribution in [3.05, 3.63) is 36.4 Å². The highest BCUT2D eigenvalue weighted by atomic mass is 16.7. The second-order valence-electron chi connectivity index (χ2n) is 6.35. The fourth-order valence-corrected chi connectivity index (χ4v) is 2.40. The van der Waals surface area contributed by atoms with Crippen LogP contribution in [0.1, 0.15) is 27.7 Å². The molecule has 0 unspecified atom stereocenters. The molecule has 1 fully saturated rings. The van der Waals surface area contributed by atoms with E-state index in [4.69, 9.17) is 9.31 Å². The van der Waals surface area contributed by atoms with Gasteiger partial charge in [0, 0.05) is 5.46 Å². The first-order valence-corrected chi connectivity index (χ1v) is 6.87. The third kappa shape index (κ3) is 2.00. The van der Waals surface area contributed by atoms with Crippen LogP contribution in [0.2, 0.25) is 0 Å². The molecule has 0 saturated carbocycles. The molecule has 1 N–H and O–H groups in total. The van der Waals surface area contributed by atoms with E-state index in [1.807, 2.05) is 58.0 Å². The number of phenolic OH excluding ortho intramolecular Hbond substituents is 1. The molecule has 2 aromatic rings. The normalized spacial score (nSPS) is 20.5. The van der Waals surface area contributed by atoms with Crippen LogP contribution in [0.25, 0.3) is 10.8 Å². The van der Waals surface area contributed by atoms with Crippen LogP contribution in [-0.2, 0) is 9.31 Å². The third-order valence-corrected chi connectivity index (χ3v) is 4.40. The van der Waals surface area contributed by atoms with E-state index in [1.54, 1.807) is 6.07 Å². The molecule has 0 atom stereocenters. The first-order chi connectivity index (χ1) is 9.30. The highest BCUT2D eigenvalue weighted by Gasteiger charge is 2.52. The molecular formula is C16H19BO3. The second kappa shape index (κ2) is 4.24. The minimum atomic E-state index is -0.537. The average molecular weight is 270 g/mol. The van der Waals surface area contributed by atoms with Gasteiger partial charge in [-0.05, 0) is 44.5 Å². The zero-order chi connectivity index (χ0) is 14.5. The van der Waals surface area contributed by atoms with Gasteiger partial charge in [0.15, 0.2) is 0 Å². The monoisotopic (exact) mass is 270 g/mol. The summed E-state index contributed by atoms with van der Waals surface area (Å²) in [6.45, 7) is 8.02. The van der Waals surface area contributed by atoms with E-state index in [0.717, 1.165) is 10.8 Å². The summed E-state index contributed by atoms with van der Waals surface area (Å²) in [4.78, 5) is 0. The molecule has 0 aromatic heterocycles. The SMILES string of the molecule is CC1(C)OB(c2cc3ccccc3cc2O)OC1(C)C. The number of rotatable bonds is 1. The van der Waals surface area contributed by atoms with E-state index in [9.17, 15) is 5.11 Å². The Morgan fingerprint density at radius 1 is 0.900 bits per heavy atom. The topological polar surface area (TPSA) is 38.7 Å². The zero-order valence-corrected chi connectivity index (χ0v) is 12.3. The van der Waals surface area contributed by atoms with E-state index in [0.29, 0.717) is 5.46 Å². The molecule has 4 heteroatoms. The van der Waals surface area contributed by atoms with Crippen LogP contribution < -0.4 is 5.46 Å². The Labute approximate surface area is 119 Å². The van der Waals surface area contributed by atoms with Crippen molar-refractivity contribution in [2.45, 2.75) is 38.9 Å². The van der Waals surface area contributed by atoms with Gasteiger partial charge in [-0.3, -0.25) is 0 Å². The zero-order valence-electron chi connectivity index (χ0n) is 12.3. The van der Waals surface area contributed by atoms with Gasteiger partial charge in [-0.1, -0.05) is 30.3 Å². The Balaban J connectivity index is 2.05. The lowest BCUT2D eigenvalue weighted by Gasteiger charge is -2.32. The van der Waals surface area contributed by atoms with Gasteiger partial charge in [0.05, 0.1) is 11.2 Å². The molecule has 0 spiro atoms. The Kier molecular flexibility index (Phi) is 2.85. The van der Waals surface area contributed by atoms with Crippen molar-refractivity contribution in [3.8, 4) is 5.75 Å². The Bertz CT molecular complexity index is 648. The van der Waals surface area contributed by atoms with Crippen molar-refractivity contribution in [2.75, 3.05) is 0 Å². The Morgan fingerprint density at radius 3 is 1.95 bits per heavy atom. The van der Waals surface area contributed by atoms with Crippen molar-refractivity contribution in [1.29, 1.82) is 0 Å². The van der Waals surface area contributed by atoms with E-state index in [1.165, 1.54) is 0 Å². The average Bonchev–Trinajstić information content (AvgIpc) is 2.57. The van der Waals surface area contributed by atoms with E-state index < -0.39 is 18.3 Å². The van der Waals surface area contributed by atoms with Crippen LogP contribution >= 0.6 is 0 Å². The molecule has 0 radical (unpaired) electrons. The number of phenols is 1. The van der Waals surface area contributed by atoms with Gasteiger partial charge in [-0.15, -0.1) is 0 Å². The highest BCUT2D eigenvalue weighted by molar-refractivity contribution is 6.63. The quantitative estimate of drug-likeness (QED) is 0.810. The number of benzene rings is 2. The lowest BCUT2D eigenvalue weighted by atomic mass is 9.77. The molecule has 1 aliphatic rings. The summed E-state index contributed by atoms with van der Waals surface area (Å²) in [5, 5.41) is 12.3. The number of fused-ring (bicyclic) bond motifs is 1. The van der Waals surface area contributed by atoms with Crippen LogP contribution in [0.15, 0.2) is 36.4 Å². The number of aromatic hydroxyl groups is 1. The smallest absolute Gasteiger partial charge is 0.498 e. The molecule has 1 heterocycles. The Hall–Kier alpha value is -1.52. The standard InChI is InChI=1S/C16H19BO3/c1-15(2)16(3,4)20-17(19-15)13-9-11-7-5-6-8-12(11)10-14(13)18/h5-10,18H,1-4H3. The molecule has 0 aliphatic carbocycles. The summed E-state index contributed by atoms with van der Waals surface area (Å²) in [6.07, 6.45) is 0.